The van der Waals surface area contributed by atoms with E-state index in [1.807, 2.05) is 32.9 Å². The van der Waals surface area contributed by atoms with Crippen LogP contribution in [0.3, 0.4) is 0 Å². The molecule has 0 atom stereocenters. The van der Waals surface area contributed by atoms with Gasteiger partial charge in [-0.25, -0.2) is 14.2 Å². The summed E-state index contributed by atoms with van der Waals surface area (Å²) in [5.74, 6) is -0.446. The maximum Gasteiger partial charge on any atom is 0.419 e. The lowest BCUT2D eigenvalue weighted by molar-refractivity contribution is 0.0544. The second kappa shape index (κ2) is 8.00. The summed E-state index contributed by atoms with van der Waals surface area (Å²) in [6, 6.07) is 13.8. The van der Waals surface area contributed by atoms with Crippen molar-refractivity contribution in [3.05, 3.63) is 59.2 Å². The molecule has 0 bridgehead atoms. The Kier molecular flexibility index (Phi) is 5.66. The van der Waals surface area contributed by atoms with Crippen molar-refractivity contribution in [2.75, 3.05) is 7.11 Å². The highest BCUT2D eigenvalue weighted by atomic mass is 16.6. The molecule has 2 aromatic carbocycles. The Balaban J connectivity index is 1.96. The monoisotopic (exact) mass is 461 g/mol. The van der Waals surface area contributed by atoms with Crippen LogP contribution in [0.5, 0.6) is 0 Å². The number of ether oxygens (including phenoxy) is 2. The second-order valence-electron chi connectivity index (χ2n) is 11.6. The molecule has 0 aliphatic heterocycles. The molecular formula is C29H35NO4. The quantitative estimate of drug-likeness (QED) is 0.378. The maximum atomic E-state index is 13.4. The topological polar surface area (TPSA) is 57.5 Å². The fraction of sp³-hybridized carbons (Fsp3) is 0.448. The summed E-state index contributed by atoms with van der Waals surface area (Å²) in [6.07, 6.45) is 1.77. The third-order valence-electron chi connectivity index (χ3n) is 6.95. The number of hydrogen-bond acceptors (Lipinski definition) is 4. The third-order valence-corrected chi connectivity index (χ3v) is 6.95. The Morgan fingerprint density at radius 2 is 1.53 bits per heavy atom. The Bertz CT molecular complexity index is 1290. The lowest BCUT2D eigenvalue weighted by atomic mass is 9.63. The predicted molar refractivity (Wildman–Crippen MR) is 136 cm³/mol. The lowest BCUT2D eigenvalue weighted by Crippen LogP contribution is -2.33. The van der Waals surface area contributed by atoms with E-state index in [-0.39, 0.29) is 10.8 Å². The van der Waals surface area contributed by atoms with E-state index in [1.165, 1.54) is 18.2 Å². The lowest BCUT2D eigenvalue weighted by Gasteiger charge is -2.42. The van der Waals surface area contributed by atoms with Crippen LogP contribution in [0.1, 0.15) is 82.8 Å². The highest BCUT2D eigenvalue weighted by Gasteiger charge is 2.37. The highest BCUT2D eigenvalue weighted by Crippen LogP contribution is 2.47. The molecule has 0 saturated heterocycles. The maximum absolute atomic E-state index is 13.4. The molecule has 5 nitrogen and oxygen atoms in total. The molecule has 1 aliphatic carbocycles. The van der Waals surface area contributed by atoms with Gasteiger partial charge in [0.05, 0.1) is 23.9 Å². The van der Waals surface area contributed by atoms with E-state index in [4.69, 9.17) is 9.47 Å². The van der Waals surface area contributed by atoms with Crippen LogP contribution >= 0.6 is 0 Å². The molecule has 0 spiro atoms. The van der Waals surface area contributed by atoms with Crippen molar-refractivity contribution in [1.29, 1.82) is 0 Å². The van der Waals surface area contributed by atoms with Crippen molar-refractivity contribution in [2.45, 2.75) is 77.7 Å². The first kappa shape index (κ1) is 24.1. The predicted octanol–water partition coefficient (Wildman–Crippen LogP) is 7.23. The number of carbonyl (C=O) groups is 2. The third kappa shape index (κ3) is 4.24. The number of esters is 1. The van der Waals surface area contributed by atoms with E-state index in [1.54, 1.807) is 16.7 Å². The van der Waals surface area contributed by atoms with E-state index >= 15 is 0 Å². The zero-order chi connectivity index (χ0) is 25.1. The largest absolute Gasteiger partial charge is 0.465 e. The molecule has 0 amide bonds. The minimum atomic E-state index is -0.660. The van der Waals surface area contributed by atoms with Gasteiger partial charge in [0.25, 0.3) is 0 Å². The van der Waals surface area contributed by atoms with Crippen LogP contribution in [0.25, 0.3) is 22.2 Å². The van der Waals surface area contributed by atoms with Gasteiger partial charge in [0, 0.05) is 5.39 Å². The van der Waals surface area contributed by atoms with Crippen molar-refractivity contribution < 1.29 is 19.1 Å². The molecule has 0 saturated carbocycles. The molecule has 3 aromatic rings. The van der Waals surface area contributed by atoms with Gasteiger partial charge in [0.1, 0.15) is 5.60 Å². The molecule has 0 fully saturated rings. The van der Waals surface area contributed by atoms with Gasteiger partial charge in [0.2, 0.25) is 0 Å². The van der Waals surface area contributed by atoms with E-state index < -0.39 is 17.7 Å². The molecule has 0 radical (unpaired) electrons. The molecule has 1 aliphatic rings. The van der Waals surface area contributed by atoms with Gasteiger partial charge in [-0.3, -0.25) is 0 Å². The molecule has 4 rings (SSSR count). The molecule has 34 heavy (non-hydrogen) atoms. The number of benzene rings is 2. The van der Waals surface area contributed by atoms with E-state index in [9.17, 15) is 9.59 Å². The van der Waals surface area contributed by atoms with Gasteiger partial charge in [-0.05, 0) is 85.4 Å². The van der Waals surface area contributed by atoms with Crippen LogP contribution in [-0.4, -0.2) is 29.3 Å². The van der Waals surface area contributed by atoms with Crippen LogP contribution in [0.4, 0.5) is 4.79 Å². The first-order chi connectivity index (χ1) is 15.7. The van der Waals surface area contributed by atoms with Gasteiger partial charge in [-0.2, -0.15) is 0 Å². The van der Waals surface area contributed by atoms with Crippen molar-refractivity contribution in [1.82, 2.24) is 4.57 Å². The Morgan fingerprint density at radius 3 is 2.15 bits per heavy atom. The number of fused-ring (bicyclic) bond motifs is 2. The molecule has 5 heteroatoms. The number of methoxy groups -OCH3 is 1. The molecule has 1 aromatic heterocycles. The fourth-order valence-electron chi connectivity index (χ4n) is 4.91. The molecule has 0 N–H and O–H groups in total. The average molecular weight is 462 g/mol. The Hall–Kier alpha value is -3.08. The molecule has 180 valence electrons. The van der Waals surface area contributed by atoms with Crippen molar-refractivity contribution in [3.8, 4) is 11.3 Å². The van der Waals surface area contributed by atoms with Gasteiger partial charge in [0.15, 0.2) is 0 Å². The number of aromatic nitrogens is 1. The van der Waals surface area contributed by atoms with Crippen molar-refractivity contribution in [2.24, 2.45) is 0 Å². The standard InChI is InChI=1S/C29H35NO4/c1-27(2,3)34-26(32)30-23(16-19-9-10-20(17-24(19)30)25(31)33-8)18-11-12-21-22(15-18)29(6,7)14-13-28(21,4)5/h9-12,15-17H,13-14H2,1-8H3. The summed E-state index contributed by atoms with van der Waals surface area (Å²) in [4.78, 5) is 25.6. The smallest absolute Gasteiger partial charge is 0.419 e. The first-order valence-corrected chi connectivity index (χ1v) is 11.9. The minimum Gasteiger partial charge on any atom is -0.465 e. The van der Waals surface area contributed by atoms with Gasteiger partial charge >= 0.3 is 12.1 Å². The Morgan fingerprint density at radius 1 is 0.882 bits per heavy atom. The SMILES string of the molecule is COC(=O)c1ccc2cc(-c3ccc4c(c3)C(C)(C)CCC4(C)C)n(C(=O)OC(C)(C)C)c2c1. The summed E-state index contributed by atoms with van der Waals surface area (Å²) in [7, 11) is 1.35. The molecular weight excluding hydrogens is 426 g/mol. The van der Waals surface area contributed by atoms with Crippen molar-refractivity contribution in [3.63, 3.8) is 0 Å². The summed E-state index contributed by atoms with van der Waals surface area (Å²) in [5, 5.41) is 0.853. The van der Waals surface area contributed by atoms with Crippen LogP contribution in [0, 0.1) is 0 Å². The number of nitrogens with zero attached hydrogens (tertiary/aromatic N) is 1. The number of carbonyl (C=O) groups excluding carboxylic acids is 2. The van der Waals surface area contributed by atoms with Crippen LogP contribution in [0.15, 0.2) is 42.5 Å². The van der Waals surface area contributed by atoms with Gasteiger partial charge in [-0.15, -0.1) is 0 Å². The zero-order valence-electron chi connectivity index (χ0n) is 21.5. The molecule has 0 unspecified atom stereocenters. The van der Waals surface area contributed by atoms with Crippen molar-refractivity contribution >= 4 is 23.0 Å². The van der Waals surface area contributed by atoms with Gasteiger partial charge in [-0.1, -0.05) is 45.9 Å². The Labute approximate surface area is 202 Å². The summed E-state index contributed by atoms with van der Waals surface area (Å²) < 4.78 is 12.3. The second-order valence-corrected chi connectivity index (χ2v) is 11.6. The zero-order valence-corrected chi connectivity index (χ0v) is 21.5. The van der Waals surface area contributed by atoms with E-state index in [2.05, 4.69) is 45.9 Å². The van der Waals surface area contributed by atoms with Crippen LogP contribution < -0.4 is 0 Å². The highest BCUT2D eigenvalue weighted by molar-refractivity contribution is 6.00. The van der Waals surface area contributed by atoms with Crippen LogP contribution in [-0.2, 0) is 20.3 Å². The number of hydrogen-bond donors (Lipinski definition) is 0. The average Bonchev–Trinajstić information content (AvgIpc) is 3.14. The minimum absolute atomic E-state index is 0.0433. The summed E-state index contributed by atoms with van der Waals surface area (Å²) in [5.41, 5.74) is 4.87. The van der Waals surface area contributed by atoms with E-state index in [0.717, 1.165) is 29.5 Å². The fourth-order valence-corrected chi connectivity index (χ4v) is 4.91. The number of rotatable bonds is 2. The summed E-state index contributed by atoms with van der Waals surface area (Å²) in [6.45, 7) is 14.7. The van der Waals surface area contributed by atoms with Crippen LogP contribution in [0.2, 0.25) is 0 Å². The molecule has 1 heterocycles. The van der Waals surface area contributed by atoms with E-state index in [0.29, 0.717) is 11.1 Å². The first-order valence-electron chi connectivity index (χ1n) is 11.9. The normalized spacial score (nSPS) is 16.7. The summed E-state index contributed by atoms with van der Waals surface area (Å²) >= 11 is 0. The van der Waals surface area contributed by atoms with Gasteiger partial charge < -0.3 is 9.47 Å².